The highest BCUT2D eigenvalue weighted by Gasteiger charge is 2.34. The number of benzene rings is 1. The maximum Gasteiger partial charge on any atom is 0.227 e. The third-order valence-electron chi connectivity index (χ3n) is 3.99. The fraction of sp³-hybridized carbons (Fsp3) is 0.444. The van der Waals surface area contributed by atoms with Crippen LogP contribution >= 0.6 is 22.9 Å². The molecule has 8 heteroatoms. The smallest absolute Gasteiger partial charge is 0.227 e. The van der Waals surface area contributed by atoms with Gasteiger partial charge in [0.2, 0.25) is 16.9 Å². The molecule has 0 spiro atoms. The van der Waals surface area contributed by atoms with Crippen LogP contribution < -0.4 is 10.2 Å². The highest BCUT2D eigenvalue weighted by molar-refractivity contribution is 7.15. The van der Waals surface area contributed by atoms with Gasteiger partial charge in [0.15, 0.2) is 0 Å². The molecule has 1 aliphatic rings. The Labute approximate surface area is 161 Å². The minimum Gasteiger partial charge on any atom is -0.312 e. The molecule has 0 saturated carbocycles. The molecule has 1 aromatic carbocycles. The van der Waals surface area contributed by atoms with Crippen LogP contribution in [0.2, 0.25) is 5.02 Å². The first kappa shape index (κ1) is 18.8. The summed E-state index contributed by atoms with van der Waals surface area (Å²) < 4.78 is 0. The van der Waals surface area contributed by atoms with Gasteiger partial charge in [-0.25, -0.2) is 0 Å². The Morgan fingerprint density at radius 1 is 1.31 bits per heavy atom. The van der Waals surface area contributed by atoms with Crippen molar-refractivity contribution < 1.29 is 9.59 Å². The van der Waals surface area contributed by atoms with Crippen molar-refractivity contribution in [3.63, 3.8) is 0 Å². The molecule has 6 nitrogen and oxygen atoms in total. The quantitative estimate of drug-likeness (QED) is 0.850. The second kappa shape index (κ2) is 7.32. The molecule has 1 fully saturated rings. The van der Waals surface area contributed by atoms with Crippen LogP contribution in [0.4, 0.5) is 10.8 Å². The van der Waals surface area contributed by atoms with Crippen LogP contribution in [0, 0.1) is 5.41 Å². The zero-order valence-corrected chi connectivity index (χ0v) is 16.5. The summed E-state index contributed by atoms with van der Waals surface area (Å²) in [4.78, 5) is 26.1. The van der Waals surface area contributed by atoms with Crippen molar-refractivity contribution in [3.05, 3.63) is 34.3 Å². The van der Waals surface area contributed by atoms with Crippen LogP contribution in [-0.2, 0) is 9.59 Å². The Morgan fingerprint density at radius 3 is 2.65 bits per heavy atom. The van der Waals surface area contributed by atoms with E-state index in [1.165, 1.54) is 11.3 Å². The summed E-state index contributed by atoms with van der Waals surface area (Å²) in [6.07, 6.45) is 0.793. The molecular formula is C18H21ClN4O2S. The summed E-state index contributed by atoms with van der Waals surface area (Å²) in [6.45, 7) is 6.57. The molecule has 1 aromatic heterocycles. The summed E-state index contributed by atoms with van der Waals surface area (Å²) >= 11 is 7.24. The van der Waals surface area contributed by atoms with Gasteiger partial charge >= 0.3 is 0 Å². The summed E-state index contributed by atoms with van der Waals surface area (Å²) in [6, 6.07) is 7.21. The Balaban J connectivity index is 1.65. The maximum atomic E-state index is 12.4. The molecule has 1 saturated heterocycles. The Hall–Kier alpha value is -1.99. The van der Waals surface area contributed by atoms with Crippen molar-refractivity contribution in [2.75, 3.05) is 16.8 Å². The molecule has 138 valence electrons. The first-order valence-electron chi connectivity index (χ1n) is 8.40. The van der Waals surface area contributed by atoms with Crippen molar-refractivity contribution in [2.24, 2.45) is 5.41 Å². The van der Waals surface area contributed by atoms with Crippen LogP contribution in [0.25, 0.3) is 0 Å². The van der Waals surface area contributed by atoms with E-state index in [0.29, 0.717) is 29.5 Å². The number of amides is 2. The summed E-state index contributed by atoms with van der Waals surface area (Å²) in [5.41, 5.74) is 0.735. The molecule has 1 N–H and O–H groups in total. The first-order valence-corrected chi connectivity index (χ1v) is 9.60. The number of aromatic nitrogens is 2. The number of halogens is 1. The second-order valence-corrected chi connectivity index (χ2v) is 9.06. The second-order valence-electron chi connectivity index (χ2n) is 7.61. The van der Waals surface area contributed by atoms with Gasteiger partial charge in [-0.1, -0.05) is 43.7 Å². The number of carbonyl (C=O) groups is 2. The van der Waals surface area contributed by atoms with Crippen LogP contribution in [0.3, 0.4) is 0 Å². The van der Waals surface area contributed by atoms with Crippen molar-refractivity contribution >= 4 is 45.6 Å². The Kier molecular flexibility index (Phi) is 5.29. The van der Waals surface area contributed by atoms with E-state index in [-0.39, 0.29) is 23.1 Å². The van der Waals surface area contributed by atoms with Crippen molar-refractivity contribution in [3.8, 4) is 0 Å². The largest absolute Gasteiger partial charge is 0.312 e. The molecule has 1 atom stereocenters. The molecular weight excluding hydrogens is 372 g/mol. The van der Waals surface area contributed by atoms with Gasteiger partial charge in [-0.15, -0.1) is 10.2 Å². The predicted octanol–water partition coefficient (Wildman–Crippen LogP) is 4.09. The standard InChI is InChI=1S/C18H21ClN4O2S/c1-18(2,3)9-14(24)20-17-22-21-16(26-17)11-8-15(25)23(10-11)13-6-4-12(19)5-7-13/h4-7,11H,8-10H2,1-3H3,(H,20,22,24)/t11-/m1/s1. The normalized spacial score (nSPS) is 17.6. The molecule has 0 radical (unpaired) electrons. The van der Waals surface area contributed by atoms with Gasteiger partial charge in [0.25, 0.3) is 0 Å². The lowest BCUT2D eigenvalue weighted by Gasteiger charge is -2.16. The number of carbonyl (C=O) groups excluding carboxylic acids is 2. The van der Waals surface area contributed by atoms with Gasteiger partial charge in [0.05, 0.1) is 0 Å². The van der Waals surface area contributed by atoms with E-state index < -0.39 is 0 Å². The van der Waals surface area contributed by atoms with Gasteiger partial charge in [-0.2, -0.15) is 0 Å². The third-order valence-corrected chi connectivity index (χ3v) is 5.24. The molecule has 0 unspecified atom stereocenters. The molecule has 3 rings (SSSR count). The zero-order chi connectivity index (χ0) is 18.9. The van der Waals surface area contributed by atoms with E-state index in [4.69, 9.17) is 11.6 Å². The average molecular weight is 393 g/mol. The topological polar surface area (TPSA) is 75.2 Å². The summed E-state index contributed by atoms with van der Waals surface area (Å²) in [7, 11) is 0. The molecule has 2 heterocycles. The van der Waals surface area contributed by atoms with Gasteiger partial charge in [0, 0.05) is 36.0 Å². The van der Waals surface area contributed by atoms with Crippen molar-refractivity contribution in [1.29, 1.82) is 0 Å². The highest BCUT2D eigenvalue weighted by atomic mass is 35.5. The number of nitrogens with zero attached hydrogens (tertiary/aromatic N) is 3. The number of hydrogen-bond donors (Lipinski definition) is 1. The highest BCUT2D eigenvalue weighted by Crippen LogP contribution is 2.34. The number of anilines is 2. The van der Waals surface area contributed by atoms with E-state index >= 15 is 0 Å². The van der Waals surface area contributed by atoms with Gasteiger partial charge < -0.3 is 10.2 Å². The van der Waals surface area contributed by atoms with Crippen LogP contribution in [0.1, 0.15) is 44.5 Å². The van der Waals surface area contributed by atoms with Crippen LogP contribution in [0.15, 0.2) is 24.3 Å². The van der Waals surface area contributed by atoms with Gasteiger partial charge in [-0.05, 0) is 29.7 Å². The fourth-order valence-corrected chi connectivity index (χ4v) is 3.82. The van der Waals surface area contributed by atoms with Gasteiger partial charge in [0.1, 0.15) is 5.01 Å². The Morgan fingerprint density at radius 2 is 2.00 bits per heavy atom. The lowest BCUT2D eigenvalue weighted by atomic mass is 9.92. The van der Waals surface area contributed by atoms with E-state index in [1.807, 2.05) is 32.9 Å². The van der Waals surface area contributed by atoms with E-state index in [0.717, 1.165) is 10.7 Å². The SMILES string of the molecule is CC(C)(C)CC(=O)Nc1nnc([C@@H]2CC(=O)N(c3ccc(Cl)cc3)C2)s1. The predicted molar refractivity (Wildman–Crippen MR) is 104 cm³/mol. The molecule has 0 bridgehead atoms. The van der Waals surface area contributed by atoms with Crippen LogP contribution in [0.5, 0.6) is 0 Å². The molecule has 2 aromatic rings. The molecule has 1 aliphatic heterocycles. The Bertz CT molecular complexity index is 813. The lowest BCUT2D eigenvalue weighted by Crippen LogP contribution is -2.24. The van der Waals surface area contributed by atoms with E-state index in [9.17, 15) is 9.59 Å². The summed E-state index contributed by atoms with van der Waals surface area (Å²) in [5, 5.41) is 12.9. The molecule has 2 amide bonds. The number of rotatable bonds is 4. The monoisotopic (exact) mass is 392 g/mol. The van der Waals surface area contributed by atoms with Crippen LogP contribution in [-0.4, -0.2) is 28.6 Å². The third kappa shape index (κ3) is 4.59. The number of hydrogen-bond acceptors (Lipinski definition) is 5. The molecule has 26 heavy (non-hydrogen) atoms. The fourth-order valence-electron chi connectivity index (χ4n) is 2.84. The first-order chi connectivity index (χ1) is 12.2. The maximum absolute atomic E-state index is 12.4. The zero-order valence-electron chi connectivity index (χ0n) is 15.0. The van der Waals surface area contributed by atoms with Crippen molar-refractivity contribution in [2.45, 2.75) is 39.5 Å². The lowest BCUT2D eigenvalue weighted by molar-refractivity contribution is -0.118. The number of nitrogens with one attached hydrogen (secondary N) is 1. The van der Waals surface area contributed by atoms with E-state index in [2.05, 4.69) is 15.5 Å². The van der Waals surface area contributed by atoms with Crippen molar-refractivity contribution in [1.82, 2.24) is 10.2 Å². The summed E-state index contributed by atoms with van der Waals surface area (Å²) in [5.74, 6) is -0.0553. The minimum atomic E-state index is -0.0887. The van der Waals surface area contributed by atoms with Gasteiger partial charge in [-0.3, -0.25) is 9.59 Å². The minimum absolute atomic E-state index is 0.0241. The molecule has 0 aliphatic carbocycles. The van der Waals surface area contributed by atoms with E-state index in [1.54, 1.807) is 17.0 Å². The average Bonchev–Trinajstić information content (AvgIpc) is 3.13.